The highest BCUT2D eigenvalue weighted by Gasteiger charge is 2.21. The van der Waals surface area contributed by atoms with Gasteiger partial charge in [0.1, 0.15) is 5.82 Å². The zero-order chi connectivity index (χ0) is 36.9. The standard InChI is InChI=1S/C49H31N3.C3H6/c1-2-16-37(17-3-1)51-45-24-11-10-21-41(45)44-31-35(27-28-46(44)51)34-15-12-18-38(30-34)52-48-43-23-9-7-20-40(43)39-19-6-8-22-42(39)47(48)50-49(52)36-26-25-32-13-4-5-14-33(32)29-36;1-3-2/h1-31H;3H,1H2,2H3. The summed E-state index contributed by atoms with van der Waals surface area (Å²) in [4.78, 5) is 5.51. The summed E-state index contributed by atoms with van der Waals surface area (Å²) >= 11 is 0. The number of benzene rings is 9. The SMILES string of the molecule is C=CC.c1ccc(-n2c3ccccc3c3cc(-c4cccc(-n5c(-c6ccc7ccccc7c6)nc6c7ccccc7c7ccccc7c65)c4)ccc32)cc1. The van der Waals surface area contributed by atoms with Crippen LogP contribution in [-0.4, -0.2) is 14.1 Å². The molecule has 0 aliphatic rings. The summed E-state index contributed by atoms with van der Waals surface area (Å²) < 4.78 is 4.76. The third kappa shape index (κ3) is 5.32. The molecular weight excluding hydrogens is 667 g/mol. The van der Waals surface area contributed by atoms with Crippen molar-refractivity contribution < 1.29 is 0 Å². The molecule has 0 amide bonds. The van der Waals surface area contributed by atoms with Crippen molar-refractivity contribution in [1.29, 1.82) is 0 Å². The van der Waals surface area contributed by atoms with Crippen molar-refractivity contribution in [3.8, 4) is 33.9 Å². The number of nitrogens with zero attached hydrogens (tertiary/aromatic N) is 3. The van der Waals surface area contributed by atoms with Crippen LogP contribution in [0.2, 0.25) is 0 Å². The average molecular weight is 704 g/mol. The fourth-order valence-electron chi connectivity index (χ4n) is 8.31. The van der Waals surface area contributed by atoms with Crippen LogP contribution in [0.4, 0.5) is 0 Å². The van der Waals surface area contributed by atoms with Gasteiger partial charge in [0.25, 0.3) is 0 Å². The molecule has 2 heterocycles. The Bertz CT molecular complexity index is 3240. The molecule has 260 valence electrons. The van der Waals surface area contributed by atoms with Crippen LogP contribution in [0.1, 0.15) is 6.92 Å². The van der Waals surface area contributed by atoms with E-state index in [2.05, 4.69) is 204 Å². The van der Waals surface area contributed by atoms with E-state index in [1.807, 2.05) is 6.92 Å². The number of aromatic nitrogens is 3. The number of rotatable bonds is 4. The van der Waals surface area contributed by atoms with Crippen LogP contribution in [0.3, 0.4) is 0 Å². The van der Waals surface area contributed by atoms with Gasteiger partial charge >= 0.3 is 0 Å². The van der Waals surface area contributed by atoms with Crippen LogP contribution in [0.15, 0.2) is 201 Å². The summed E-state index contributed by atoms with van der Waals surface area (Å²) in [5, 5.41) is 9.71. The van der Waals surface area contributed by atoms with E-state index in [9.17, 15) is 0 Å². The first-order valence-corrected chi connectivity index (χ1v) is 18.8. The molecule has 11 aromatic rings. The number of allylic oxidation sites excluding steroid dienone is 1. The van der Waals surface area contributed by atoms with Gasteiger partial charge in [0.2, 0.25) is 0 Å². The number of hydrogen-bond acceptors (Lipinski definition) is 1. The summed E-state index contributed by atoms with van der Waals surface area (Å²) in [5.41, 5.74) is 10.2. The van der Waals surface area contributed by atoms with Gasteiger partial charge in [-0.3, -0.25) is 4.57 Å². The van der Waals surface area contributed by atoms with E-state index in [0.29, 0.717) is 0 Å². The molecule has 11 rings (SSSR count). The van der Waals surface area contributed by atoms with Crippen LogP contribution in [-0.2, 0) is 0 Å². The molecule has 55 heavy (non-hydrogen) atoms. The quantitative estimate of drug-likeness (QED) is 0.132. The average Bonchev–Trinajstić information content (AvgIpc) is 3.81. The van der Waals surface area contributed by atoms with Crippen LogP contribution in [0.5, 0.6) is 0 Å². The first-order chi connectivity index (χ1) is 27.2. The first-order valence-electron chi connectivity index (χ1n) is 18.8. The lowest BCUT2D eigenvalue weighted by Gasteiger charge is -2.14. The molecule has 0 spiro atoms. The number of para-hydroxylation sites is 2. The molecule has 3 heteroatoms. The summed E-state index contributed by atoms with van der Waals surface area (Å²) in [6, 6.07) is 67.9. The van der Waals surface area contributed by atoms with Crippen molar-refractivity contribution in [3.05, 3.63) is 201 Å². The Morgan fingerprint density at radius 3 is 1.80 bits per heavy atom. The number of fused-ring (bicyclic) bond motifs is 10. The molecule has 9 aromatic carbocycles. The van der Waals surface area contributed by atoms with Crippen molar-refractivity contribution in [2.45, 2.75) is 6.92 Å². The van der Waals surface area contributed by atoms with E-state index in [-0.39, 0.29) is 0 Å². The van der Waals surface area contributed by atoms with Crippen molar-refractivity contribution in [2.24, 2.45) is 0 Å². The monoisotopic (exact) mass is 703 g/mol. The Labute approximate surface area is 319 Å². The Kier molecular flexibility index (Phi) is 7.85. The Morgan fingerprint density at radius 2 is 1.00 bits per heavy atom. The zero-order valence-corrected chi connectivity index (χ0v) is 30.5. The van der Waals surface area contributed by atoms with Gasteiger partial charge in [-0.05, 0) is 88.1 Å². The molecule has 0 unspecified atom stereocenters. The topological polar surface area (TPSA) is 22.8 Å². The second kappa shape index (κ2) is 13.3. The summed E-state index contributed by atoms with van der Waals surface area (Å²) in [6.07, 6.45) is 1.75. The van der Waals surface area contributed by atoms with Crippen LogP contribution in [0.25, 0.3) is 99.0 Å². The predicted octanol–water partition coefficient (Wildman–Crippen LogP) is 14.1. The molecule has 3 nitrogen and oxygen atoms in total. The predicted molar refractivity (Wildman–Crippen MR) is 235 cm³/mol. The largest absolute Gasteiger partial charge is 0.309 e. The van der Waals surface area contributed by atoms with E-state index in [1.54, 1.807) is 6.08 Å². The molecule has 2 aromatic heterocycles. The molecule has 0 atom stereocenters. The molecule has 0 saturated heterocycles. The molecule has 0 saturated carbocycles. The van der Waals surface area contributed by atoms with Crippen molar-refractivity contribution in [1.82, 2.24) is 14.1 Å². The highest BCUT2D eigenvalue weighted by molar-refractivity contribution is 6.24. The smallest absolute Gasteiger partial charge is 0.145 e. The Hall–Kier alpha value is -7.23. The summed E-state index contributed by atoms with van der Waals surface area (Å²) in [5.74, 6) is 0.931. The maximum absolute atomic E-state index is 5.51. The highest BCUT2D eigenvalue weighted by Crippen LogP contribution is 2.41. The second-order valence-corrected chi connectivity index (χ2v) is 14.0. The maximum Gasteiger partial charge on any atom is 0.145 e. The number of hydrogen-bond donors (Lipinski definition) is 0. The van der Waals surface area contributed by atoms with Gasteiger partial charge in [-0.15, -0.1) is 6.58 Å². The van der Waals surface area contributed by atoms with E-state index in [0.717, 1.165) is 44.7 Å². The van der Waals surface area contributed by atoms with Gasteiger partial charge < -0.3 is 4.57 Å². The molecular formula is C52H37N3. The summed E-state index contributed by atoms with van der Waals surface area (Å²) in [6.45, 7) is 5.25. The van der Waals surface area contributed by atoms with Crippen LogP contribution >= 0.6 is 0 Å². The third-order valence-corrected chi connectivity index (χ3v) is 10.7. The first kappa shape index (κ1) is 32.4. The Morgan fingerprint density at radius 1 is 0.418 bits per heavy atom. The normalized spacial score (nSPS) is 11.4. The maximum atomic E-state index is 5.51. The lowest BCUT2D eigenvalue weighted by Crippen LogP contribution is -1.99. The van der Waals surface area contributed by atoms with E-state index < -0.39 is 0 Å². The summed E-state index contributed by atoms with van der Waals surface area (Å²) in [7, 11) is 0. The molecule has 0 aliphatic carbocycles. The fraction of sp³-hybridized carbons (Fsp3) is 0.0192. The minimum absolute atomic E-state index is 0.931. The van der Waals surface area contributed by atoms with Gasteiger partial charge in [-0.1, -0.05) is 146 Å². The van der Waals surface area contributed by atoms with Crippen molar-refractivity contribution >= 4 is 65.2 Å². The lowest BCUT2D eigenvalue weighted by atomic mass is 9.99. The lowest BCUT2D eigenvalue weighted by molar-refractivity contribution is 1.11. The highest BCUT2D eigenvalue weighted by atomic mass is 15.1. The van der Waals surface area contributed by atoms with Crippen LogP contribution in [0, 0.1) is 0 Å². The van der Waals surface area contributed by atoms with E-state index in [1.165, 1.54) is 54.3 Å². The third-order valence-electron chi connectivity index (χ3n) is 10.7. The van der Waals surface area contributed by atoms with Gasteiger partial charge in [0.15, 0.2) is 0 Å². The molecule has 0 radical (unpaired) electrons. The van der Waals surface area contributed by atoms with Crippen LogP contribution < -0.4 is 0 Å². The molecule has 0 fully saturated rings. The van der Waals surface area contributed by atoms with Gasteiger partial charge in [0.05, 0.1) is 22.1 Å². The number of imidazole rings is 1. The van der Waals surface area contributed by atoms with E-state index >= 15 is 0 Å². The van der Waals surface area contributed by atoms with Gasteiger partial charge in [-0.25, -0.2) is 4.98 Å². The Balaban J connectivity index is 0.00000120. The zero-order valence-electron chi connectivity index (χ0n) is 30.5. The molecule has 0 N–H and O–H groups in total. The van der Waals surface area contributed by atoms with Crippen molar-refractivity contribution in [2.75, 3.05) is 0 Å². The minimum Gasteiger partial charge on any atom is -0.309 e. The fourth-order valence-corrected chi connectivity index (χ4v) is 8.31. The van der Waals surface area contributed by atoms with Crippen molar-refractivity contribution in [3.63, 3.8) is 0 Å². The molecule has 0 bridgehead atoms. The van der Waals surface area contributed by atoms with Gasteiger partial charge in [-0.2, -0.15) is 0 Å². The second-order valence-electron chi connectivity index (χ2n) is 14.0. The van der Waals surface area contributed by atoms with Gasteiger partial charge in [0, 0.05) is 38.5 Å². The van der Waals surface area contributed by atoms with E-state index in [4.69, 9.17) is 4.98 Å². The minimum atomic E-state index is 0.931. The molecule has 0 aliphatic heterocycles.